The largest absolute Gasteiger partial charge is 0.550 e. The van der Waals surface area contributed by atoms with E-state index in [4.69, 9.17) is 4.74 Å². The highest BCUT2D eigenvalue weighted by molar-refractivity contribution is 5.86. The third-order valence-corrected chi connectivity index (χ3v) is 2.93. The Bertz CT molecular complexity index is 581. The molecule has 0 aromatic heterocycles. The Balaban J connectivity index is 0.000000612. The van der Waals surface area contributed by atoms with Crippen molar-refractivity contribution in [3.8, 4) is 5.75 Å². The van der Waals surface area contributed by atoms with Gasteiger partial charge in [-0.2, -0.15) is 0 Å². The molecular formula is C16H21NO3. The summed E-state index contributed by atoms with van der Waals surface area (Å²) in [6, 6.07) is 11.3. The first-order chi connectivity index (χ1) is 9.53. The lowest BCUT2D eigenvalue weighted by Gasteiger charge is -2.13. The van der Waals surface area contributed by atoms with Gasteiger partial charge in [-0.15, -0.1) is 0 Å². The molecule has 1 atom stereocenters. The van der Waals surface area contributed by atoms with Gasteiger partial charge in [-0.05, 0) is 35.4 Å². The van der Waals surface area contributed by atoms with E-state index in [1.54, 1.807) is 14.0 Å². The SMILES string of the molecule is CC[NH3+].COc1ccc2cc([C@H](C)C(=O)[O-])ccc2c1. The Morgan fingerprint density at radius 2 is 1.80 bits per heavy atom. The monoisotopic (exact) mass is 275 g/mol. The van der Waals surface area contributed by atoms with Crippen molar-refractivity contribution in [3.05, 3.63) is 42.0 Å². The number of carboxylic acid groups (broad SMARTS) is 1. The van der Waals surface area contributed by atoms with Crippen LogP contribution in [0.2, 0.25) is 0 Å². The lowest BCUT2D eigenvalue weighted by molar-refractivity contribution is -0.361. The summed E-state index contributed by atoms with van der Waals surface area (Å²) < 4.78 is 5.13. The van der Waals surface area contributed by atoms with Crippen LogP contribution in [0.15, 0.2) is 36.4 Å². The zero-order valence-corrected chi connectivity index (χ0v) is 12.2. The molecule has 0 aliphatic carbocycles. The normalized spacial score (nSPS) is 11.4. The molecule has 2 aromatic rings. The lowest BCUT2D eigenvalue weighted by atomic mass is 9.98. The zero-order chi connectivity index (χ0) is 15.1. The molecule has 0 saturated carbocycles. The van der Waals surface area contributed by atoms with E-state index < -0.39 is 11.9 Å². The maximum atomic E-state index is 10.8. The van der Waals surface area contributed by atoms with Gasteiger partial charge >= 0.3 is 0 Å². The van der Waals surface area contributed by atoms with Crippen LogP contribution in [-0.4, -0.2) is 19.6 Å². The average molecular weight is 275 g/mol. The third kappa shape index (κ3) is 3.96. The van der Waals surface area contributed by atoms with Gasteiger partial charge in [0.05, 0.1) is 13.7 Å². The second-order valence-corrected chi connectivity index (χ2v) is 4.51. The van der Waals surface area contributed by atoms with Gasteiger partial charge in [0.2, 0.25) is 0 Å². The smallest absolute Gasteiger partial charge is 0.119 e. The molecule has 2 rings (SSSR count). The van der Waals surface area contributed by atoms with E-state index in [1.165, 1.54) is 0 Å². The molecule has 0 spiro atoms. The van der Waals surface area contributed by atoms with Crippen molar-refractivity contribution in [2.45, 2.75) is 19.8 Å². The molecule has 4 heteroatoms. The molecule has 108 valence electrons. The predicted octanol–water partition coefficient (Wildman–Crippen LogP) is 0.950. The molecule has 3 N–H and O–H groups in total. The minimum absolute atomic E-state index is 0.596. The van der Waals surface area contributed by atoms with E-state index in [0.29, 0.717) is 0 Å². The molecule has 0 unspecified atom stereocenters. The molecule has 0 saturated heterocycles. The standard InChI is InChI=1S/C14H14O3.C2H7N/c1-9(14(15)16)10-3-4-12-8-13(17-2)6-5-11(12)7-10;1-2-3/h3-9H,1-2H3,(H,15,16);2-3H2,1H3/t9-;/m0./s1. The Hall–Kier alpha value is -2.07. The summed E-state index contributed by atoms with van der Waals surface area (Å²) in [6.07, 6.45) is 0. The van der Waals surface area contributed by atoms with Gasteiger partial charge in [0.15, 0.2) is 0 Å². The third-order valence-electron chi connectivity index (χ3n) is 2.93. The topological polar surface area (TPSA) is 77.0 Å². The van der Waals surface area contributed by atoms with E-state index in [0.717, 1.165) is 28.6 Å². The van der Waals surface area contributed by atoms with Crippen LogP contribution >= 0.6 is 0 Å². The van der Waals surface area contributed by atoms with Gasteiger partial charge in [-0.25, -0.2) is 0 Å². The number of ether oxygens (including phenoxy) is 1. The first kappa shape index (κ1) is 16.0. The summed E-state index contributed by atoms with van der Waals surface area (Å²) in [5.41, 5.74) is 4.24. The fourth-order valence-electron chi connectivity index (χ4n) is 1.77. The molecule has 0 radical (unpaired) electrons. The Labute approximate surface area is 119 Å². The first-order valence-corrected chi connectivity index (χ1v) is 6.61. The highest BCUT2D eigenvalue weighted by Gasteiger charge is 2.07. The van der Waals surface area contributed by atoms with Crippen LogP contribution in [0.1, 0.15) is 25.3 Å². The van der Waals surface area contributed by atoms with E-state index in [-0.39, 0.29) is 0 Å². The number of quaternary nitrogens is 1. The second kappa shape index (κ2) is 7.50. The number of benzene rings is 2. The van der Waals surface area contributed by atoms with Gasteiger partial charge in [0.25, 0.3) is 0 Å². The van der Waals surface area contributed by atoms with Crippen LogP contribution in [0.25, 0.3) is 10.8 Å². The van der Waals surface area contributed by atoms with Crippen LogP contribution in [0.4, 0.5) is 0 Å². The number of hydrogen-bond acceptors (Lipinski definition) is 3. The fraction of sp³-hybridized carbons (Fsp3) is 0.312. The van der Waals surface area contributed by atoms with Gasteiger partial charge in [-0.3, -0.25) is 0 Å². The molecule has 0 amide bonds. The molecule has 4 nitrogen and oxygen atoms in total. The number of carbonyl (C=O) groups is 1. The molecule has 0 aliphatic heterocycles. The van der Waals surface area contributed by atoms with Crippen molar-refractivity contribution in [2.75, 3.05) is 13.7 Å². The van der Waals surface area contributed by atoms with Crippen molar-refractivity contribution in [3.63, 3.8) is 0 Å². The van der Waals surface area contributed by atoms with Crippen LogP contribution in [0, 0.1) is 0 Å². The minimum atomic E-state index is -1.06. The summed E-state index contributed by atoms with van der Waals surface area (Å²) in [6.45, 7) is 4.64. The van der Waals surface area contributed by atoms with E-state index in [2.05, 4.69) is 5.73 Å². The quantitative estimate of drug-likeness (QED) is 0.906. The van der Waals surface area contributed by atoms with Crippen LogP contribution in [-0.2, 0) is 4.79 Å². The van der Waals surface area contributed by atoms with Gasteiger partial charge in [-0.1, -0.05) is 31.2 Å². The van der Waals surface area contributed by atoms with E-state index in [1.807, 2.05) is 43.3 Å². The van der Waals surface area contributed by atoms with Crippen molar-refractivity contribution in [1.29, 1.82) is 0 Å². The molecule has 20 heavy (non-hydrogen) atoms. The summed E-state index contributed by atoms with van der Waals surface area (Å²) in [5, 5.41) is 12.8. The van der Waals surface area contributed by atoms with Gasteiger partial charge in [0, 0.05) is 11.9 Å². The van der Waals surface area contributed by atoms with Gasteiger partial charge < -0.3 is 20.4 Å². The van der Waals surface area contributed by atoms with Crippen LogP contribution in [0.3, 0.4) is 0 Å². The van der Waals surface area contributed by atoms with Crippen molar-refractivity contribution >= 4 is 16.7 Å². The highest BCUT2D eigenvalue weighted by Crippen LogP contribution is 2.24. The Morgan fingerprint density at radius 3 is 2.35 bits per heavy atom. The second-order valence-electron chi connectivity index (χ2n) is 4.51. The van der Waals surface area contributed by atoms with E-state index >= 15 is 0 Å². The zero-order valence-electron chi connectivity index (χ0n) is 12.2. The summed E-state index contributed by atoms with van der Waals surface area (Å²) in [4.78, 5) is 10.8. The van der Waals surface area contributed by atoms with E-state index in [9.17, 15) is 9.90 Å². The number of aliphatic carboxylic acids is 1. The van der Waals surface area contributed by atoms with Crippen molar-refractivity contribution in [1.82, 2.24) is 0 Å². The first-order valence-electron chi connectivity index (χ1n) is 6.61. The fourth-order valence-corrected chi connectivity index (χ4v) is 1.77. The lowest BCUT2D eigenvalue weighted by Crippen LogP contribution is -2.48. The number of carbonyl (C=O) groups excluding carboxylic acids is 1. The molecule has 0 fully saturated rings. The molecular weight excluding hydrogens is 254 g/mol. The number of fused-ring (bicyclic) bond motifs is 1. The molecule has 2 aromatic carbocycles. The number of carboxylic acids is 1. The van der Waals surface area contributed by atoms with Crippen molar-refractivity contribution < 1.29 is 20.4 Å². The maximum Gasteiger partial charge on any atom is 0.119 e. The van der Waals surface area contributed by atoms with Crippen molar-refractivity contribution in [2.24, 2.45) is 0 Å². The minimum Gasteiger partial charge on any atom is -0.550 e. The predicted molar refractivity (Wildman–Crippen MR) is 77.4 cm³/mol. The molecule has 0 bridgehead atoms. The van der Waals surface area contributed by atoms with Gasteiger partial charge in [0.1, 0.15) is 5.75 Å². The summed E-state index contributed by atoms with van der Waals surface area (Å²) >= 11 is 0. The average Bonchev–Trinajstić information content (AvgIpc) is 2.46. The highest BCUT2D eigenvalue weighted by atomic mass is 16.5. The number of hydrogen-bond donors (Lipinski definition) is 1. The maximum absolute atomic E-state index is 10.8. The van der Waals surface area contributed by atoms with Crippen LogP contribution < -0.4 is 15.6 Å². The molecule has 0 aliphatic rings. The summed E-state index contributed by atoms with van der Waals surface area (Å²) in [5.74, 6) is -0.863. The number of rotatable bonds is 3. The Kier molecular flexibility index (Phi) is 6.00. The number of methoxy groups -OCH3 is 1. The van der Waals surface area contributed by atoms with Crippen LogP contribution in [0.5, 0.6) is 5.75 Å². The molecule has 0 heterocycles. The summed E-state index contributed by atoms with van der Waals surface area (Å²) in [7, 11) is 1.62. The Morgan fingerprint density at radius 1 is 1.25 bits per heavy atom.